The van der Waals surface area contributed by atoms with Crippen LogP contribution in [0, 0.1) is 5.41 Å². The zero-order valence-electron chi connectivity index (χ0n) is 23.7. The number of aliphatic hydroxyl groups excluding tert-OH is 1. The minimum atomic E-state index is -0.977. The molecule has 2 heterocycles. The van der Waals surface area contributed by atoms with E-state index in [1.165, 1.54) is 4.90 Å². The van der Waals surface area contributed by atoms with Gasteiger partial charge in [0.25, 0.3) is 0 Å². The molecule has 3 aromatic rings. The zero-order chi connectivity index (χ0) is 29.3. The zero-order valence-corrected chi connectivity index (χ0v) is 23.7. The number of rotatable bonds is 9. The maximum Gasteiger partial charge on any atom is 0.248 e. The lowest BCUT2D eigenvalue weighted by Crippen LogP contribution is -2.54. The molecule has 10 nitrogen and oxygen atoms in total. The number of amides is 3. The second kappa shape index (κ2) is 11.4. The topological polar surface area (TPSA) is 143 Å². The maximum atomic E-state index is 14.0. The van der Waals surface area contributed by atoms with Crippen LogP contribution >= 0.6 is 0 Å². The average molecular weight is 559 g/mol. The highest BCUT2D eigenvalue weighted by molar-refractivity contribution is 5.93. The molecular weight excluding hydrogens is 520 g/mol. The fourth-order valence-electron chi connectivity index (χ4n) is 5.52. The van der Waals surface area contributed by atoms with Crippen molar-refractivity contribution < 1.29 is 19.5 Å². The quantitative estimate of drug-likeness (QED) is 0.368. The molecule has 1 saturated heterocycles. The highest BCUT2D eigenvalue weighted by Crippen LogP contribution is 2.40. The normalized spacial score (nSPS) is 20.4. The van der Waals surface area contributed by atoms with Gasteiger partial charge in [-0.1, -0.05) is 80.6 Å². The number of aliphatic hydroxyl groups is 1. The van der Waals surface area contributed by atoms with Crippen LogP contribution in [0.1, 0.15) is 63.3 Å². The van der Waals surface area contributed by atoms with Gasteiger partial charge in [-0.15, -0.1) is 5.10 Å². The van der Waals surface area contributed by atoms with Gasteiger partial charge in [-0.05, 0) is 34.9 Å². The Morgan fingerprint density at radius 1 is 1.05 bits per heavy atom. The third kappa shape index (κ3) is 6.48. The van der Waals surface area contributed by atoms with Crippen LogP contribution in [0.5, 0.6) is 0 Å². The highest BCUT2D eigenvalue weighted by Gasteiger charge is 2.46. The van der Waals surface area contributed by atoms with Crippen molar-refractivity contribution in [1.82, 2.24) is 25.2 Å². The number of nitrogens with two attached hydrogens (primary N) is 1. The second-order valence-electron chi connectivity index (χ2n) is 12.3. The Hall–Kier alpha value is -4.05. The molecule has 4 atom stereocenters. The first-order chi connectivity index (χ1) is 19.5. The number of primary amides is 1. The average Bonchev–Trinajstić information content (AvgIpc) is 3.54. The van der Waals surface area contributed by atoms with Gasteiger partial charge in [-0.2, -0.15) is 0 Å². The van der Waals surface area contributed by atoms with Gasteiger partial charge in [0, 0.05) is 31.5 Å². The van der Waals surface area contributed by atoms with Crippen LogP contribution in [0.4, 0.5) is 0 Å². The van der Waals surface area contributed by atoms with Crippen molar-refractivity contribution in [2.24, 2.45) is 11.1 Å². The molecule has 0 bridgehead atoms. The summed E-state index contributed by atoms with van der Waals surface area (Å²) in [4.78, 5) is 41.2. The first kappa shape index (κ1) is 28.5. The van der Waals surface area contributed by atoms with Crippen LogP contribution < -0.4 is 11.1 Å². The number of β-amino-alcohol motifs (C(OH)–C–C–N with tert-alkyl or cyclic N) is 1. The molecule has 0 unspecified atom stereocenters. The lowest BCUT2D eigenvalue weighted by atomic mass is 9.85. The van der Waals surface area contributed by atoms with Gasteiger partial charge in [0.1, 0.15) is 18.1 Å². The summed E-state index contributed by atoms with van der Waals surface area (Å²) < 4.78 is 1.58. The number of benzene rings is 2. The third-order valence-electron chi connectivity index (χ3n) is 7.87. The van der Waals surface area contributed by atoms with E-state index < -0.39 is 41.5 Å². The Morgan fingerprint density at radius 3 is 2.32 bits per heavy atom. The van der Waals surface area contributed by atoms with E-state index >= 15 is 0 Å². The Kier molecular flexibility index (Phi) is 7.95. The molecule has 2 aliphatic rings. The summed E-state index contributed by atoms with van der Waals surface area (Å²) in [5, 5.41) is 21.8. The number of carbonyl (C=O) groups excluding carboxylic acids is 3. The van der Waals surface area contributed by atoms with Gasteiger partial charge >= 0.3 is 0 Å². The minimum absolute atomic E-state index is 0.00979. The van der Waals surface area contributed by atoms with Crippen molar-refractivity contribution in [3.05, 3.63) is 72.1 Å². The van der Waals surface area contributed by atoms with Crippen LogP contribution in [-0.4, -0.2) is 67.5 Å². The SMILES string of the molecule is CC(C)(C)[C@@H](C(=O)N1C[C@H](O)C[C@H]1C(=O)N[C@H](Cc1ccc(-c2ccccc2)cc1)C(N)=O)n1cc(C2CC2)nn1. The molecule has 0 radical (unpaired) electrons. The summed E-state index contributed by atoms with van der Waals surface area (Å²) in [7, 11) is 0. The summed E-state index contributed by atoms with van der Waals surface area (Å²) in [5.41, 5.74) is 8.95. The van der Waals surface area contributed by atoms with Gasteiger partial charge in [0.05, 0.1) is 11.8 Å². The fraction of sp³-hybridized carbons (Fsp3) is 0.452. The van der Waals surface area contributed by atoms with Crippen molar-refractivity contribution >= 4 is 17.7 Å². The van der Waals surface area contributed by atoms with E-state index in [1.54, 1.807) is 4.68 Å². The Labute approximate surface area is 239 Å². The van der Waals surface area contributed by atoms with E-state index in [1.807, 2.05) is 81.6 Å². The molecule has 5 rings (SSSR count). The summed E-state index contributed by atoms with van der Waals surface area (Å²) in [6.07, 6.45) is 3.34. The monoisotopic (exact) mass is 558 g/mol. The van der Waals surface area contributed by atoms with E-state index in [-0.39, 0.29) is 25.3 Å². The molecule has 1 aliphatic carbocycles. The van der Waals surface area contributed by atoms with Crippen molar-refractivity contribution in [3.63, 3.8) is 0 Å². The molecule has 10 heteroatoms. The first-order valence-corrected chi connectivity index (χ1v) is 14.2. The largest absolute Gasteiger partial charge is 0.391 e. The highest BCUT2D eigenvalue weighted by atomic mass is 16.3. The standard InChI is InChI=1S/C31H38N6O4/c1-31(2,3)27(37-18-25(34-35-37)22-13-14-22)30(41)36-17-23(38)16-26(36)29(40)33-24(28(32)39)15-19-9-11-21(12-10-19)20-7-5-4-6-8-20/h4-12,18,22-24,26-27,38H,13-17H2,1-3H3,(H2,32,39)(H,33,40)/t23-,24-,26+,27-/m1/s1. The van der Waals surface area contributed by atoms with Gasteiger partial charge in [-0.3, -0.25) is 14.4 Å². The van der Waals surface area contributed by atoms with Gasteiger partial charge < -0.3 is 21.1 Å². The Morgan fingerprint density at radius 2 is 1.71 bits per heavy atom. The van der Waals surface area contributed by atoms with Crippen molar-refractivity contribution in [2.75, 3.05) is 6.54 Å². The minimum Gasteiger partial charge on any atom is -0.391 e. The molecule has 2 aromatic carbocycles. The molecule has 216 valence electrons. The number of hydrogen-bond donors (Lipinski definition) is 3. The number of carbonyl (C=O) groups is 3. The van der Waals surface area contributed by atoms with Crippen LogP contribution in [0.2, 0.25) is 0 Å². The lowest BCUT2D eigenvalue weighted by Gasteiger charge is -2.34. The molecular formula is C31H38N6O4. The third-order valence-corrected chi connectivity index (χ3v) is 7.87. The summed E-state index contributed by atoms with van der Waals surface area (Å²) in [6, 6.07) is 15.0. The van der Waals surface area contributed by atoms with Crippen LogP contribution in [-0.2, 0) is 20.8 Å². The Balaban J connectivity index is 1.30. The molecule has 1 aliphatic heterocycles. The van der Waals surface area contributed by atoms with Crippen molar-refractivity contribution in [1.29, 1.82) is 0 Å². The van der Waals surface area contributed by atoms with E-state index in [0.29, 0.717) is 5.92 Å². The molecule has 2 fully saturated rings. The number of likely N-dealkylation sites (tertiary alicyclic amines) is 1. The predicted molar refractivity (Wildman–Crippen MR) is 153 cm³/mol. The molecule has 3 amide bonds. The number of nitrogens with zero attached hydrogens (tertiary/aromatic N) is 4. The summed E-state index contributed by atoms with van der Waals surface area (Å²) in [5.74, 6) is -1.14. The summed E-state index contributed by atoms with van der Waals surface area (Å²) >= 11 is 0. The van der Waals surface area contributed by atoms with Gasteiger partial charge in [0.15, 0.2) is 0 Å². The second-order valence-corrected chi connectivity index (χ2v) is 12.3. The van der Waals surface area contributed by atoms with E-state index in [2.05, 4.69) is 15.6 Å². The smallest absolute Gasteiger partial charge is 0.248 e. The molecule has 41 heavy (non-hydrogen) atoms. The van der Waals surface area contributed by atoms with E-state index in [9.17, 15) is 19.5 Å². The molecule has 1 saturated carbocycles. The molecule has 1 aromatic heterocycles. The lowest BCUT2D eigenvalue weighted by molar-refractivity contribution is -0.144. The number of nitrogens with one attached hydrogen (secondary N) is 1. The van der Waals surface area contributed by atoms with E-state index in [4.69, 9.17) is 5.73 Å². The fourth-order valence-corrected chi connectivity index (χ4v) is 5.52. The maximum absolute atomic E-state index is 14.0. The first-order valence-electron chi connectivity index (χ1n) is 14.2. The van der Waals surface area contributed by atoms with E-state index in [0.717, 1.165) is 35.2 Å². The molecule has 4 N–H and O–H groups in total. The van der Waals surface area contributed by atoms with Crippen molar-refractivity contribution in [3.8, 4) is 11.1 Å². The summed E-state index contributed by atoms with van der Waals surface area (Å²) in [6.45, 7) is 5.81. The van der Waals surface area contributed by atoms with Crippen molar-refractivity contribution in [2.45, 2.75) is 76.6 Å². The predicted octanol–water partition coefficient (Wildman–Crippen LogP) is 2.58. The van der Waals surface area contributed by atoms with Gasteiger partial charge in [0.2, 0.25) is 17.7 Å². The van der Waals surface area contributed by atoms with Crippen LogP contribution in [0.15, 0.2) is 60.8 Å². The molecule has 0 spiro atoms. The number of hydrogen-bond acceptors (Lipinski definition) is 6. The van der Waals surface area contributed by atoms with Gasteiger partial charge in [-0.25, -0.2) is 4.68 Å². The Bertz CT molecular complexity index is 1390. The van der Waals surface area contributed by atoms with Crippen LogP contribution in [0.3, 0.4) is 0 Å². The number of aromatic nitrogens is 3. The van der Waals surface area contributed by atoms with Crippen LogP contribution in [0.25, 0.3) is 11.1 Å².